The summed E-state index contributed by atoms with van der Waals surface area (Å²) >= 11 is 0. The van der Waals surface area contributed by atoms with E-state index in [9.17, 15) is 10.1 Å². The maximum Gasteiger partial charge on any atom is 0.310 e. The summed E-state index contributed by atoms with van der Waals surface area (Å²) in [6, 6.07) is 8.95. The van der Waals surface area contributed by atoms with Crippen LogP contribution in [0.15, 0.2) is 42.7 Å². The van der Waals surface area contributed by atoms with E-state index in [4.69, 9.17) is 5.11 Å². The zero-order valence-corrected chi connectivity index (χ0v) is 10.1. The highest BCUT2D eigenvalue weighted by atomic mass is 16.6. The van der Waals surface area contributed by atoms with Crippen LogP contribution in [-0.4, -0.2) is 15.0 Å². The molecule has 2 N–H and O–H groups in total. The van der Waals surface area contributed by atoms with Gasteiger partial charge in [0, 0.05) is 12.7 Å². The van der Waals surface area contributed by atoms with Crippen molar-refractivity contribution >= 4 is 11.4 Å². The van der Waals surface area contributed by atoms with Crippen molar-refractivity contribution in [2.75, 3.05) is 5.32 Å². The first-order valence-electron chi connectivity index (χ1n) is 5.71. The van der Waals surface area contributed by atoms with Crippen molar-refractivity contribution in [2.45, 2.75) is 13.2 Å². The Morgan fingerprint density at radius 3 is 2.84 bits per heavy atom. The lowest BCUT2D eigenvalue weighted by atomic mass is 10.1. The van der Waals surface area contributed by atoms with Gasteiger partial charge in [0.25, 0.3) is 0 Å². The van der Waals surface area contributed by atoms with Gasteiger partial charge in [0.2, 0.25) is 0 Å². The third kappa shape index (κ3) is 3.26. The average Bonchev–Trinajstić information content (AvgIpc) is 2.45. The Hall–Kier alpha value is -2.47. The second-order valence-electron chi connectivity index (χ2n) is 3.98. The Bertz CT molecular complexity index is 587. The number of nitro groups is 1. The van der Waals surface area contributed by atoms with Gasteiger partial charge in [-0.05, 0) is 17.2 Å². The van der Waals surface area contributed by atoms with Crippen LogP contribution in [0.5, 0.6) is 0 Å². The van der Waals surface area contributed by atoms with Crippen LogP contribution in [0.3, 0.4) is 0 Å². The number of aliphatic hydroxyl groups excluding tert-OH is 1. The van der Waals surface area contributed by atoms with E-state index in [0.29, 0.717) is 12.2 Å². The largest absolute Gasteiger partial charge is 0.392 e. The molecular formula is C13H13N3O3. The molecule has 0 aliphatic carbocycles. The van der Waals surface area contributed by atoms with E-state index in [2.05, 4.69) is 10.3 Å². The molecular weight excluding hydrogens is 246 g/mol. The third-order valence-corrected chi connectivity index (χ3v) is 2.65. The van der Waals surface area contributed by atoms with Crippen LogP contribution in [-0.2, 0) is 13.2 Å². The molecule has 0 spiro atoms. The smallest absolute Gasteiger partial charge is 0.310 e. The Morgan fingerprint density at radius 2 is 2.11 bits per heavy atom. The second-order valence-corrected chi connectivity index (χ2v) is 3.98. The summed E-state index contributed by atoms with van der Waals surface area (Å²) in [6.45, 7) is 0.419. The summed E-state index contributed by atoms with van der Waals surface area (Å²) in [6.07, 6.45) is 2.71. The lowest BCUT2D eigenvalue weighted by Gasteiger charge is -2.07. The summed E-state index contributed by atoms with van der Waals surface area (Å²) < 4.78 is 0. The summed E-state index contributed by atoms with van der Waals surface area (Å²) in [5.41, 5.74) is 2.12. The predicted octanol–water partition coefficient (Wildman–Crippen LogP) is 2.09. The van der Waals surface area contributed by atoms with Crippen molar-refractivity contribution in [1.29, 1.82) is 0 Å². The number of hydrogen-bond acceptors (Lipinski definition) is 5. The van der Waals surface area contributed by atoms with Gasteiger partial charge in [0.15, 0.2) is 0 Å². The van der Waals surface area contributed by atoms with Crippen molar-refractivity contribution in [3.63, 3.8) is 0 Å². The fraction of sp³-hybridized carbons (Fsp3) is 0.154. The van der Waals surface area contributed by atoms with Crippen LogP contribution >= 0.6 is 0 Å². The minimum atomic E-state index is -0.473. The van der Waals surface area contributed by atoms with E-state index in [1.54, 1.807) is 6.07 Å². The van der Waals surface area contributed by atoms with Crippen LogP contribution < -0.4 is 5.32 Å². The molecule has 1 aromatic carbocycles. The normalized spacial score (nSPS) is 10.2. The number of nitrogens with one attached hydrogen (secondary N) is 1. The Balaban J connectivity index is 2.12. The maximum absolute atomic E-state index is 10.8. The van der Waals surface area contributed by atoms with Crippen molar-refractivity contribution in [2.24, 2.45) is 0 Å². The molecule has 0 aliphatic rings. The molecule has 6 heteroatoms. The number of anilines is 1. The number of pyridine rings is 1. The minimum absolute atomic E-state index is 0.0246. The van der Waals surface area contributed by atoms with Crippen LogP contribution in [0, 0.1) is 10.1 Å². The van der Waals surface area contributed by atoms with Gasteiger partial charge in [-0.1, -0.05) is 24.3 Å². The lowest BCUT2D eigenvalue weighted by molar-refractivity contribution is -0.384. The average molecular weight is 259 g/mol. The number of aliphatic hydroxyl groups is 1. The molecule has 19 heavy (non-hydrogen) atoms. The SMILES string of the molecule is O=[N+]([O-])c1cnccc1NCc1cccc(CO)c1. The van der Waals surface area contributed by atoms with Crippen molar-refractivity contribution in [1.82, 2.24) is 4.98 Å². The van der Waals surface area contributed by atoms with Gasteiger partial charge >= 0.3 is 5.69 Å². The number of aromatic nitrogens is 1. The zero-order chi connectivity index (χ0) is 13.7. The standard InChI is InChI=1S/C13H13N3O3/c17-9-11-3-1-2-10(6-11)7-15-12-4-5-14-8-13(12)16(18)19/h1-6,8,17H,7,9H2,(H,14,15). The second kappa shape index (κ2) is 5.92. The quantitative estimate of drug-likeness (QED) is 0.634. The molecule has 0 saturated carbocycles. The maximum atomic E-state index is 10.8. The topological polar surface area (TPSA) is 88.3 Å². The van der Waals surface area contributed by atoms with E-state index in [1.807, 2.05) is 24.3 Å². The molecule has 0 amide bonds. The van der Waals surface area contributed by atoms with Crippen LogP contribution in [0.25, 0.3) is 0 Å². The number of rotatable bonds is 5. The van der Waals surface area contributed by atoms with Crippen LogP contribution in [0.4, 0.5) is 11.4 Å². The van der Waals surface area contributed by atoms with Gasteiger partial charge in [-0.25, -0.2) is 0 Å². The summed E-state index contributed by atoms with van der Waals surface area (Å²) in [4.78, 5) is 14.1. The first kappa shape index (κ1) is 13.0. The molecule has 1 heterocycles. The highest BCUT2D eigenvalue weighted by Crippen LogP contribution is 2.22. The Kier molecular flexibility index (Phi) is 4.04. The van der Waals surface area contributed by atoms with Crippen molar-refractivity contribution < 1.29 is 10.0 Å². The van der Waals surface area contributed by atoms with E-state index in [-0.39, 0.29) is 12.3 Å². The van der Waals surface area contributed by atoms with Crippen molar-refractivity contribution in [3.8, 4) is 0 Å². The molecule has 6 nitrogen and oxygen atoms in total. The first-order valence-corrected chi connectivity index (χ1v) is 5.71. The number of hydrogen-bond donors (Lipinski definition) is 2. The Morgan fingerprint density at radius 1 is 1.32 bits per heavy atom. The summed E-state index contributed by atoms with van der Waals surface area (Å²) in [5.74, 6) is 0. The van der Waals surface area contributed by atoms with E-state index in [0.717, 1.165) is 11.1 Å². The summed E-state index contributed by atoms with van der Waals surface area (Å²) in [7, 11) is 0. The van der Waals surface area contributed by atoms with Crippen LogP contribution in [0.2, 0.25) is 0 Å². The molecule has 0 unspecified atom stereocenters. The van der Waals surface area contributed by atoms with Gasteiger partial charge in [-0.15, -0.1) is 0 Å². The highest BCUT2D eigenvalue weighted by Gasteiger charge is 2.12. The highest BCUT2D eigenvalue weighted by molar-refractivity contribution is 5.59. The number of nitrogens with zero attached hydrogens (tertiary/aromatic N) is 2. The molecule has 0 atom stereocenters. The molecule has 0 saturated heterocycles. The van der Waals surface area contributed by atoms with Crippen LogP contribution in [0.1, 0.15) is 11.1 Å². The molecule has 2 aromatic rings. The monoisotopic (exact) mass is 259 g/mol. The zero-order valence-electron chi connectivity index (χ0n) is 10.1. The van der Waals surface area contributed by atoms with Gasteiger partial charge in [0.05, 0.1) is 11.5 Å². The van der Waals surface area contributed by atoms with Gasteiger partial charge in [-0.2, -0.15) is 0 Å². The van der Waals surface area contributed by atoms with Gasteiger partial charge < -0.3 is 10.4 Å². The molecule has 0 fully saturated rings. The third-order valence-electron chi connectivity index (χ3n) is 2.65. The molecule has 0 bridgehead atoms. The summed E-state index contributed by atoms with van der Waals surface area (Å²) in [5, 5.41) is 22.9. The van der Waals surface area contributed by atoms with E-state index in [1.165, 1.54) is 12.4 Å². The lowest BCUT2D eigenvalue weighted by Crippen LogP contribution is -2.03. The minimum Gasteiger partial charge on any atom is -0.392 e. The van der Waals surface area contributed by atoms with E-state index >= 15 is 0 Å². The molecule has 1 aromatic heterocycles. The Labute approximate surface area is 109 Å². The predicted molar refractivity (Wildman–Crippen MR) is 70.6 cm³/mol. The van der Waals surface area contributed by atoms with E-state index < -0.39 is 4.92 Å². The van der Waals surface area contributed by atoms with Crippen molar-refractivity contribution in [3.05, 3.63) is 64.0 Å². The first-order chi connectivity index (χ1) is 9.20. The number of benzene rings is 1. The van der Waals surface area contributed by atoms with Gasteiger partial charge in [-0.3, -0.25) is 15.1 Å². The molecule has 98 valence electrons. The fourth-order valence-electron chi connectivity index (χ4n) is 1.72. The molecule has 0 aliphatic heterocycles. The molecule has 0 radical (unpaired) electrons. The fourth-order valence-corrected chi connectivity index (χ4v) is 1.72. The van der Waals surface area contributed by atoms with Gasteiger partial charge in [0.1, 0.15) is 11.9 Å². The molecule has 2 rings (SSSR count).